The second-order valence-electron chi connectivity index (χ2n) is 6.60. The molecule has 0 saturated carbocycles. The number of aromatic nitrogens is 3. The van der Waals surface area contributed by atoms with Crippen LogP contribution in [0.5, 0.6) is 0 Å². The minimum atomic E-state index is -0.0776. The fourth-order valence-electron chi connectivity index (χ4n) is 3.33. The molecule has 2 aromatic carbocycles. The molecule has 6 nitrogen and oxygen atoms in total. The topological polar surface area (TPSA) is 63.1 Å². The van der Waals surface area contributed by atoms with Gasteiger partial charge in [0.25, 0.3) is 5.91 Å². The monoisotopic (exact) mass is 347 g/mol. The number of rotatable bonds is 5. The first-order chi connectivity index (χ1) is 12.7. The van der Waals surface area contributed by atoms with E-state index in [1.165, 1.54) is 11.1 Å². The average molecular weight is 347 g/mol. The van der Waals surface area contributed by atoms with Crippen LogP contribution < -0.4 is 5.32 Å². The summed E-state index contributed by atoms with van der Waals surface area (Å²) in [4.78, 5) is 14.0. The van der Waals surface area contributed by atoms with Crippen molar-refractivity contribution in [1.82, 2.24) is 25.2 Å². The summed E-state index contributed by atoms with van der Waals surface area (Å²) in [5.41, 5.74) is 5.51. The van der Waals surface area contributed by atoms with Gasteiger partial charge in [-0.1, -0.05) is 41.6 Å². The number of carbonyl (C=O) groups excluding carboxylic acids is 1. The average Bonchev–Trinajstić information content (AvgIpc) is 3.28. The van der Waals surface area contributed by atoms with Gasteiger partial charge >= 0.3 is 0 Å². The Balaban J connectivity index is 1.37. The van der Waals surface area contributed by atoms with Gasteiger partial charge in [0, 0.05) is 32.2 Å². The Bertz CT molecular complexity index is 891. The van der Waals surface area contributed by atoms with Crippen LogP contribution in [0.15, 0.2) is 54.7 Å². The molecule has 0 aliphatic carbocycles. The van der Waals surface area contributed by atoms with Crippen molar-refractivity contribution in [3.8, 4) is 0 Å². The number of hydrogen-bond donors (Lipinski definition) is 1. The maximum absolute atomic E-state index is 11.6. The lowest BCUT2D eigenvalue weighted by atomic mass is 10.1. The zero-order valence-electron chi connectivity index (χ0n) is 14.7. The zero-order valence-corrected chi connectivity index (χ0v) is 14.7. The SMILES string of the molecule is CNC(=O)c1ccc(Cn2cc(CN3Cc4ccccc4C3)nn2)cc1. The van der Waals surface area contributed by atoms with Gasteiger partial charge in [-0.2, -0.15) is 0 Å². The van der Waals surface area contributed by atoms with Crippen molar-refractivity contribution < 1.29 is 4.79 Å². The van der Waals surface area contributed by atoms with E-state index >= 15 is 0 Å². The molecule has 0 spiro atoms. The number of amides is 1. The van der Waals surface area contributed by atoms with Gasteiger partial charge in [0.05, 0.1) is 18.4 Å². The van der Waals surface area contributed by atoms with Crippen molar-refractivity contribution in [3.63, 3.8) is 0 Å². The summed E-state index contributed by atoms with van der Waals surface area (Å²) in [5.74, 6) is -0.0776. The lowest BCUT2D eigenvalue weighted by Gasteiger charge is -2.11. The minimum Gasteiger partial charge on any atom is -0.355 e. The molecule has 1 aromatic heterocycles. The van der Waals surface area contributed by atoms with Gasteiger partial charge in [-0.15, -0.1) is 5.10 Å². The van der Waals surface area contributed by atoms with E-state index < -0.39 is 0 Å². The van der Waals surface area contributed by atoms with Crippen LogP contribution >= 0.6 is 0 Å². The van der Waals surface area contributed by atoms with E-state index in [2.05, 4.69) is 44.8 Å². The number of carbonyl (C=O) groups is 1. The van der Waals surface area contributed by atoms with Crippen LogP contribution in [0.4, 0.5) is 0 Å². The maximum atomic E-state index is 11.6. The first-order valence-electron chi connectivity index (χ1n) is 8.70. The van der Waals surface area contributed by atoms with Crippen LogP contribution in [0.25, 0.3) is 0 Å². The Morgan fingerprint density at radius 3 is 2.38 bits per heavy atom. The molecule has 132 valence electrons. The zero-order chi connectivity index (χ0) is 17.9. The second kappa shape index (κ2) is 7.09. The smallest absolute Gasteiger partial charge is 0.251 e. The predicted octanol–water partition coefficient (Wildman–Crippen LogP) is 2.20. The predicted molar refractivity (Wildman–Crippen MR) is 98.3 cm³/mol. The van der Waals surface area contributed by atoms with Gasteiger partial charge in [-0.25, -0.2) is 4.68 Å². The van der Waals surface area contributed by atoms with E-state index in [0.717, 1.165) is 30.9 Å². The van der Waals surface area contributed by atoms with Crippen LogP contribution in [-0.4, -0.2) is 32.8 Å². The fourth-order valence-corrected chi connectivity index (χ4v) is 3.33. The summed E-state index contributed by atoms with van der Waals surface area (Å²) in [6.07, 6.45) is 2.00. The minimum absolute atomic E-state index is 0.0776. The first kappa shape index (κ1) is 16.5. The number of fused-ring (bicyclic) bond motifs is 1. The lowest BCUT2D eigenvalue weighted by Crippen LogP contribution is -2.17. The van der Waals surface area contributed by atoms with Gasteiger partial charge in [-0.05, 0) is 28.8 Å². The molecule has 0 radical (unpaired) electrons. The standard InChI is InChI=1S/C20H21N5O/c1-21-20(26)16-8-6-15(7-9-16)10-25-14-19(22-23-25)13-24-11-17-4-2-3-5-18(17)12-24/h2-9,14H,10-13H2,1H3,(H,21,26). The molecule has 1 N–H and O–H groups in total. The van der Waals surface area contributed by atoms with Crippen LogP contribution in [-0.2, 0) is 26.2 Å². The largest absolute Gasteiger partial charge is 0.355 e. The van der Waals surface area contributed by atoms with Crippen LogP contribution in [0.1, 0.15) is 32.7 Å². The molecule has 0 fully saturated rings. The van der Waals surface area contributed by atoms with Crippen molar-refractivity contribution >= 4 is 5.91 Å². The number of nitrogens with one attached hydrogen (secondary N) is 1. The van der Waals surface area contributed by atoms with Crippen molar-refractivity contribution in [3.05, 3.63) is 82.7 Å². The summed E-state index contributed by atoms with van der Waals surface area (Å²) in [5, 5.41) is 11.2. The fraction of sp³-hybridized carbons (Fsp3) is 0.250. The Labute approximate surface area is 152 Å². The highest BCUT2D eigenvalue weighted by molar-refractivity contribution is 5.93. The van der Waals surface area contributed by atoms with E-state index in [0.29, 0.717) is 12.1 Å². The number of hydrogen-bond acceptors (Lipinski definition) is 4. The van der Waals surface area contributed by atoms with E-state index in [1.54, 1.807) is 7.05 Å². The van der Waals surface area contributed by atoms with Gasteiger partial charge < -0.3 is 5.32 Å². The summed E-state index contributed by atoms with van der Waals surface area (Å²) >= 11 is 0. The third kappa shape index (κ3) is 3.50. The van der Waals surface area contributed by atoms with Crippen molar-refractivity contribution in [2.75, 3.05) is 7.05 Å². The molecule has 6 heteroatoms. The summed E-state index contributed by atoms with van der Waals surface area (Å²) < 4.78 is 1.84. The Morgan fingerprint density at radius 2 is 1.73 bits per heavy atom. The van der Waals surface area contributed by atoms with Crippen molar-refractivity contribution in [1.29, 1.82) is 0 Å². The number of benzene rings is 2. The van der Waals surface area contributed by atoms with Gasteiger partial charge in [0.2, 0.25) is 0 Å². The summed E-state index contributed by atoms with van der Waals surface area (Å²) in [7, 11) is 1.63. The molecular formula is C20H21N5O. The molecule has 0 atom stereocenters. The van der Waals surface area contributed by atoms with Crippen molar-refractivity contribution in [2.24, 2.45) is 0 Å². The maximum Gasteiger partial charge on any atom is 0.251 e. The lowest BCUT2D eigenvalue weighted by molar-refractivity contribution is 0.0963. The van der Waals surface area contributed by atoms with Gasteiger partial charge in [0.1, 0.15) is 0 Å². The van der Waals surface area contributed by atoms with E-state index in [4.69, 9.17) is 0 Å². The van der Waals surface area contributed by atoms with Crippen LogP contribution in [0.2, 0.25) is 0 Å². The van der Waals surface area contributed by atoms with E-state index in [9.17, 15) is 4.79 Å². The van der Waals surface area contributed by atoms with Crippen molar-refractivity contribution in [2.45, 2.75) is 26.2 Å². The Morgan fingerprint density at radius 1 is 1.04 bits per heavy atom. The molecule has 1 aliphatic heterocycles. The number of nitrogens with zero attached hydrogens (tertiary/aromatic N) is 4. The normalized spacial score (nSPS) is 13.6. The highest BCUT2D eigenvalue weighted by Crippen LogP contribution is 2.23. The second-order valence-corrected chi connectivity index (χ2v) is 6.60. The first-order valence-corrected chi connectivity index (χ1v) is 8.70. The molecule has 0 bridgehead atoms. The highest BCUT2D eigenvalue weighted by Gasteiger charge is 2.19. The summed E-state index contributed by atoms with van der Waals surface area (Å²) in [6.45, 7) is 3.36. The molecule has 1 amide bonds. The van der Waals surface area contributed by atoms with Gasteiger partial charge in [0.15, 0.2) is 0 Å². The summed E-state index contributed by atoms with van der Waals surface area (Å²) in [6, 6.07) is 16.1. The van der Waals surface area contributed by atoms with E-state index in [-0.39, 0.29) is 5.91 Å². The third-order valence-electron chi connectivity index (χ3n) is 4.67. The molecule has 0 unspecified atom stereocenters. The molecule has 2 heterocycles. The third-order valence-corrected chi connectivity index (χ3v) is 4.67. The van der Waals surface area contributed by atoms with Gasteiger partial charge in [-0.3, -0.25) is 9.69 Å². The Kier molecular flexibility index (Phi) is 4.50. The molecule has 26 heavy (non-hydrogen) atoms. The molecule has 3 aromatic rings. The Hall–Kier alpha value is -2.99. The molecule has 1 aliphatic rings. The van der Waals surface area contributed by atoms with Crippen LogP contribution in [0.3, 0.4) is 0 Å². The van der Waals surface area contributed by atoms with Crippen LogP contribution in [0, 0.1) is 0 Å². The molecule has 0 saturated heterocycles. The van der Waals surface area contributed by atoms with E-state index in [1.807, 2.05) is 35.1 Å². The highest BCUT2D eigenvalue weighted by atomic mass is 16.1. The molecular weight excluding hydrogens is 326 g/mol. The quantitative estimate of drug-likeness (QED) is 0.769. The molecule has 4 rings (SSSR count).